The number of aryl methyl sites for hydroxylation is 1. The van der Waals surface area contributed by atoms with E-state index in [2.05, 4.69) is 4.98 Å². The lowest BCUT2D eigenvalue weighted by Crippen LogP contribution is -2.26. The largest absolute Gasteiger partial charge is 0.293 e. The van der Waals surface area contributed by atoms with Crippen LogP contribution in [-0.2, 0) is 6.54 Å². The number of Topliss-reactive ketones (excluding diaryl/α,β-unsaturated/α-hetero) is 1. The molecule has 2 aromatic rings. The molecule has 1 aromatic heterocycles. The van der Waals surface area contributed by atoms with Crippen LogP contribution in [0.15, 0.2) is 48.5 Å². The summed E-state index contributed by atoms with van der Waals surface area (Å²) in [7, 11) is 1.94. The zero-order valence-electron chi connectivity index (χ0n) is 11.3. The van der Waals surface area contributed by atoms with Gasteiger partial charge < -0.3 is 0 Å². The average molecular weight is 254 g/mol. The Kier molecular flexibility index (Phi) is 4.42. The summed E-state index contributed by atoms with van der Waals surface area (Å²) in [5.74, 6) is 0.135. The molecule has 0 aliphatic heterocycles. The Hall–Kier alpha value is -2.00. The maximum Gasteiger partial charge on any atom is 0.176 e. The molecule has 1 heterocycles. The summed E-state index contributed by atoms with van der Waals surface area (Å²) in [5.41, 5.74) is 2.75. The molecule has 0 fully saturated rings. The van der Waals surface area contributed by atoms with E-state index in [9.17, 15) is 4.79 Å². The van der Waals surface area contributed by atoms with Gasteiger partial charge in [0.25, 0.3) is 0 Å². The summed E-state index contributed by atoms with van der Waals surface area (Å²) in [6, 6.07) is 15.3. The van der Waals surface area contributed by atoms with Crippen LogP contribution in [0, 0.1) is 6.92 Å². The van der Waals surface area contributed by atoms with Crippen LogP contribution < -0.4 is 0 Å². The highest BCUT2D eigenvalue weighted by Crippen LogP contribution is 2.05. The lowest BCUT2D eigenvalue weighted by molar-refractivity contribution is 0.0942. The molecule has 0 unspecified atom stereocenters. The quantitative estimate of drug-likeness (QED) is 0.769. The molecule has 0 amide bonds. The Labute approximate surface area is 113 Å². The Morgan fingerprint density at radius 1 is 1.11 bits per heavy atom. The van der Waals surface area contributed by atoms with E-state index in [0.29, 0.717) is 13.1 Å². The van der Waals surface area contributed by atoms with E-state index in [4.69, 9.17) is 0 Å². The second-order valence-electron chi connectivity index (χ2n) is 4.73. The van der Waals surface area contributed by atoms with Gasteiger partial charge in [-0.05, 0) is 26.1 Å². The van der Waals surface area contributed by atoms with E-state index in [1.54, 1.807) is 0 Å². The van der Waals surface area contributed by atoms with Crippen LogP contribution in [0.3, 0.4) is 0 Å². The van der Waals surface area contributed by atoms with Gasteiger partial charge in [-0.1, -0.05) is 36.4 Å². The van der Waals surface area contributed by atoms with Crippen LogP contribution in [0.5, 0.6) is 0 Å². The van der Waals surface area contributed by atoms with Crippen molar-refractivity contribution in [2.24, 2.45) is 0 Å². The van der Waals surface area contributed by atoms with Gasteiger partial charge in [-0.15, -0.1) is 0 Å². The minimum atomic E-state index is 0.135. The third-order valence-electron chi connectivity index (χ3n) is 2.89. The van der Waals surface area contributed by atoms with E-state index in [-0.39, 0.29) is 5.78 Å². The van der Waals surface area contributed by atoms with Crippen LogP contribution in [0.2, 0.25) is 0 Å². The minimum absolute atomic E-state index is 0.135. The molecule has 3 heteroatoms. The topological polar surface area (TPSA) is 33.2 Å². The van der Waals surface area contributed by atoms with Crippen LogP contribution in [-0.4, -0.2) is 29.3 Å². The monoisotopic (exact) mass is 254 g/mol. The van der Waals surface area contributed by atoms with E-state index in [1.165, 1.54) is 0 Å². The third-order valence-corrected chi connectivity index (χ3v) is 2.89. The number of rotatable bonds is 5. The van der Waals surface area contributed by atoms with Crippen molar-refractivity contribution >= 4 is 5.78 Å². The molecule has 19 heavy (non-hydrogen) atoms. The number of hydrogen-bond donors (Lipinski definition) is 0. The van der Waals surface area contributed by atoms with Crippen LogP contribution in [0.4, 0.5) is 0 Å². The lowest BCUT2D eigenvalue weighted by atomic mass is 10.1. The molecule has 0 N–H and O–H groups in total. The maximum atomic E-state index is 12.1. The number of ketones is 1. The van der Waals surface area contributed by atoms with E-state index >= 15 is 0 Å². The first-order valence-corrected chi connectivity index (χ1v) is 6.34. The smallest absolute Gasteiger partial charge is 0.176 e. The van der Waals surface area contributed by atoms with Crippen molar-refractivity contribution in [3.63, 3.8) is 0 Å². The zero-order valence-corrected chi connectivity index (χ0v) is 11.3. The highest BCUT2D eigenvalue weighted by atomic mass is 16.1. The summed E-state index contributed by atoms with van der Waals surface area (Å²) < 4.78 is 0. The minimum Gasteiger partial charge on any atom is -0.293 e. The molecule has 2 rings (SSSR count). The van der Waals surface area contributed by atoms with E-state index in [1.807, 2.05) is 67.4 Å². The van der Waals surface area contributed by atoms with Crippen molar-refractivity contribution in [2.45, 2.75) is 13.5 Å². The van der Waals surface area contributed by atoms with E-state index in [0.717, 1.165) is 17.0 Å². The zero-order chi connectivity index (χ0) is 13.7. The normalized spacial score (nSPS) is 10.7. The van der Waals surface area contributed by atoms with Gasteiger partial charge in [0.05, 0.1) is 12.2 Å². The molecule has 1 aromatic carbocycles. The second-order valence-corrected chi connectivity index (χ2v) is 4.73. The first-order valence-electron chi connectivity index (χ1n) is 6.34. The van der Waals surface area contributed by atoms with Crippen molar-refractivity contribution in [1.82, 2.24) is 9.88 Å². The van der Waals surface area contributed by atoms with Crippen LogP contribution in [0.1, 0.15) is 21.7 Å². The Morgan fingerprint density at radius 2 is 1.84 bits per heavy atom. The molecule has 0 saturated carbocycles. The van der Waals surface area contributed by atoms with Gasteiger partial charge in [0, 0.05) is 17.8 Å². The van der Waals surface area contributed by atoms with Crippen molar-refractivity contribution in [1.29, 1.82) is 0 Å². The fraction of sp³-hybridized carbons (Fsp3) is 0.250. The molecular formula is C16H18N2O. The molecule has 0 aliphatic carbocycles. The lowest BCUT2D eigenvalue weighted by Gasteiger charge is -2.15. The molecular weight excluding hydrogens is 236 g/mol. The van der Waals surface area contributed by atoms with Gasteiger partial charge in [-0.3, -0.25) is 14.7 Å². The van der Waals surface area contributed by atoms with Crippen LogP contribution in [0.25, 0.3) is 0 Å². The molecule has 0 aliphatic rings. The summed E-state index contributed by atoms with van der Waals surface area (Å²) in [5, 5.41) is 0. The summed E-state index contributed by atoms with van der Waals surface area (Å²) in [6.07, 6.45) is 0. The summed E-state index contributed by atoms with van der Waals surface area (Å²) in [6.45, 7) is 3.05. The molecule has 0 atom stereocenters. The number of benzene rings is 1. The van der Waals surface area contributed by atoms with Crippen molar-refractivity contribution < 1.29 is 4.79 Å². The number of hydrogen-bond acceptors (Lipinski definition) is 3. The van der Waals surface area contributed by atoms with Crippen molar-refractivity contribution in [3.05, 3.63) is 65.5 Å². The number of nitrogens with zero attached hydrogens (tertiary/aromatic N) is 2. The summed E-state index contributed by atoms with van der Waals surface area (Å²) >= 11 is 0. The van der Waals surface area contributed by atoms with Crippen molar-refractivity contribution in [2.75, 3.05) is 13.6 Å². The standard InChI is InChI=1S/C16H18N2O/c1-13-7-6-10-15(17-13)11-18(2)12-16(19)14-8-4-3-5-9-14/h3-10H,11-12H2,1-2H3. The Bertz CT molecular complexity index is 552. The molecule has 0 bridgehead atoms. The number of carbonyl (C=O) groups is 1. The number of carbonyl (C=O) groups excluding carboxylic acids is 1. The predicted octanol–water partition coefficient (Wildman–Crippen LogP) is 2.70. The molecule has 0 spiro atoms. The molecule has 0 saturated heterocycles. The van der Waals surface area contributed by atoms with Crippen molar-refractivity contribution in [3.8, 4) is 0 Å². The number of pyridine rings is 1. The Morgan fingerprint density at radius 3 is 2.53 bits per heavy atom. The third kappa shape index (κ3) is 4.00. The molecule has 98 valence electrons. The maximum absolute atomic E-state index is 12.1. The van der Waals surface area contributed by atoms with Gasteiger partial charge in [0.2, 0.25) is 0 Å². The first kappa shape index (κ1) is 13.4. The van der Waals surface area contributed by atoms with Gasteiger partial charge in [0.15, 0.2) is 5.78 Å². The first-order chi connectivity index (χ1) is 9.15. The fourth-order valence-electron chi connectivity index (χ4n) is 1.98. The van der Waals surface area contributed by atoms with Gasteiger partial charge in [0.1, 0.15) is 0 Å². The highest BCUT2D eigenvalue weighted by molar-refractivity contribution is 5.97. The second kappa shape index (κ2) is 6.25. The van der Waals surface area contributed by atoms with Gasteiger partial charge in [-0.25, -0.2) is 0 Å². The average Bonchev–Trinajstić information content (AvgIpc) is 2.39. The van der Waals surface area contributed by atoms with Crippen LogP contribution >= 0.6 is 0 Å². The number of likely N-dealkylation sites (N-methyl/N-ethyl adjacent to an activating group) is 1. The molecule has 3 nitrogen and oxygen atoms in total. The Balaban J connectivity index is 1.95. The highest BCUT2D eigenvalue weighted by Gasteiger charge is 2.09. The predicted molar refractivity (Wildman–Crippen MR) is 76.1 cm³/mol. The molecule has 0 radical (unpaired) electrons. The number of aromatic nitrogens is 1. The SMILES string of the molecule is Cc1cccc(CN(C)CC(=O)c2ccccc2)n1. The van der Waals surface area contributed by atoms with E-state index < -0.39 is 0 Å². The summed E-state index contributed by atoms with van der Waals surface area (Å²) in [4.78, 5) is 18.5. The van der Waals surface area contributed by atoms with Gasteiger partial charge >= 0.3 is 0 Å². The van der Waals surface area contributed by atoms with Gasteiger partial charge in [-0.2, -0.15) is 0 Å². The fourth-order valence-corrected chi connectivity index (χ4v) is 1.98.